The lowest BCUT2D eigenvalue weighted by atomic mass is 10.1. The molecule has 1 unspecified atom stereocenters. The first kappa shape index (κ1) is 16.6. The van der Waals surface area contributed by atoms with Crippen LogP contribution in [0.1, 0.15) is 40.0 Å². The first-order chi connectivity index (χ1) is 11.5. The van der Waals surface area contributed by atoms with Crippen molar-refractivity contribution in [3.8, 4) is 0 Å². The van der Waals surface area contributed by atoms with Crippen molar-refractivity contribution in [2.45, 2.75) is 38.3 Å². The molecule has 1 fully saturated rings. The Bertz CT molecular complexity index is 773. The van der Waals surface area contributed by atoms with E-state index in [9.17, 15) is 19.1 Å². The second kappa shape index (κ2) is 6.68. The highest BCUT2D eigenvalue weighted by Crippen LogP contribution is 2.31. The second-order valence-electron chi connectivity index (χ2n) is 5.84. The third kappa shape index (κ3) is 3.46. The van der Waals surface area contributed by atoms with Gasteiger partial charge in [-0.3, -0.25) is 4.79 Å². The minimum atomic E-state index is -1.02. The molecule has 1 aromatic heterocycles. The minimum absolute atomic E-state index is 0.0132. The number of carboxylic acids is 1. The number of amides is 1. The predicted octanol–water partition coefficient (Wildman–Crippen LogP) is 2.95. The van der Waals surface area contributed by atoms with Gasteiger partial charge in [-0.05, 0) is 31.4 Å². The minimum Gasteiger partial charge on any atom is -0.480 e. The molecule has 0 radical (unpaired) electrons. The van der Waals surface area contributed by atoms with Crippen molar-refractivity contribution in [3.63, 3.8) is 0 Å². The maximum absolute atomic E-state index is 13.7. The van der Waals surface area contributed by atoms with Crippen molar-refractivity contribution in [3.05, 3.63) is 51.7 Å². The molecule has 2 aromatic rings. The molecule has 24 heavy (non-hydrogen) atoms. The number of thiazole rings is 1. The first-order valence-electron chi connectivity index (χ1n) is 7.71. The Morgan fingerprint density at radius 2 is 2.12 bits per heavy atom. The lowest BCUT2D eigenvalue weighted by Crippen LogP contribution is -2.44. The van der Waals surface area contributed by atoms with Gasteiger partial charge in [0.2, 0.25) is 0 Å². The Morgan fingerprint density at radius 1 is 1.42 bits per heavy atom. The van der Waals surface area contributed by atoms with Crippen LogP contribution in [0.4, 0.5) is 4.39 Å². The average Bonchev–Trinajstić information content (AvgIpc) is 3.27. The van der Waals surface area contributed by atoms with Gasteiger partial charge in [-0.25, -0.2) is 14.2 Å². The van der Waals surface area contributed by atoms with Gasteiger partial charge >= 0.3 is 5.97 Å². The van der Waals surface area contributed by atoms with Gasteiger partial charge in [0.05, 0.1) is 11.2 Å². The van der Waals surface area contributed by atoms with E-state index >= 15 is 0 Å². The van der Waals surface area contributed by atoms with Gasteiger partial charge in [-0.1, -0.05) is 18.2 Å². The number of carboxylic acid groups (broad SMARTS) is 1. The molecule has 1 aromatic carbocycles. The summed E-state index contributed by atoms with van der Waals surface area (Å²) in [6.45, 7) is 1.51. The number of carbonyl (C=O) groups excluding carboxylic acids is 1. The zero-order valence-electron chi connectivity index (χ0n) is 13.1. The van der Waals surface area contributed by atoms with E-state index in [1.165, 1.54) is 35.4 Å². The smallest absolute Gasteiger partial charge is 0.326 e. The molecular formula is C17H17FN2O3S. The van der Waals surface area contributed by atoms with Crippen molar-refractivity contribution >= 4 is 23.2 Å². The summed E-state index contributed by atoms with van der Waals surface area (Å²) in [4.78, 5) is 29.9. The summed E-state index contributed by atoms with van der Waals surface area (Å²) in [5.41, 5.74) is 0.517. The molecule has 0 spiro atoms. The highest BCUT2D eigenvalue weighted by molar-refractivity contribution is 7.13. The summed E-state index contributed by atoms with van der Waals surface area (Å²) in [6, 6.07) is 5.56. The maximum Gasteiger partial charge on any atom is 0.326 e. The summed E-state index contributed by atoms with van der Waals surface area (Å²) in [5, 5.41) is 9.83. The highest BCUT2D eigenvalue weighted by Gasteiger charge is 2.39. The quantitative estimate of drug-likeness (QED) is 0.871. The van der Waals surface area contributed by atoms with Crippen molar-refractivity contribution in [2.24, 2.45) is 0 Å². The van der Waals surface area contributed by atoms with Gasteiger partial charge in [-0.15, -0.1) is 11.3 Å². The number of nitrogens with zero attached hydrogens (tertiary/aromatic N) is 2. The van der Waals surface area contributed by atoms with E-state index < -0.39 is 12.0 Å². The molecule has 0 bridgehead atoms. The van der Waals surface area contributed by atoms with Crippen LogP contribution in [0.5, 0.6) is 0 Å². The van der Waals surface area contributed by atoms with Crippen molar-refractivity contribution in [1.82, 2.24) is 9.88 Å². The van der Waals surface area contributed by atoms with Gasteiger partial charge in [0.1, 0.15) is 16.7 Å². The van der Waals surface area contributed by atoms with Crippen molar-refractivity contribution in [1.29, 1.82) is 0 Å². The number of halogens is 1. The molecule has 5 nitrogen and oxygen atoms in total. The zero-order valence-corrected chi connectivity index (χ0v) is 13.9. The van der Waals surface area contributed by atoms with Gasteiger partial charge in [-0.2, -0.15) is 0 Å². The molecule has 1 amide bonds. The Labute approximate surface area is 142 Å². The Kier molecular flexibility index (Phi) is 4.62. The first-order valence-corrected chi connectivity index (χ1v) is 8.52. The largest absolute Gasteiger partial charge is 0.480 e. The molecule has 0 saturated heterocycles. The van der Waals surface area contributed by atoms with Gasteiger partial charge < -0.3 is 10.0 Å². The van der Waals surface area contributed by atoms with E-state index in [1.54, 1.807) is 18.2 Å². The van der Waals surface area contributed by atoms with Crippen LogP contribution in [0.2, 0.25) is 0 Å². The number of aromatic nitrogens is 1. The Hall–Kier alpha value is -2.28. The van der Waals surface area contributed by atoms with Crippen LogP contribution in [0.15, 0.2) is 30.5 Å². The molecule has 1 atom stereocenters. The second-order valence-corrected chi connectivity index (χ2v) is 6.96. The molecule has 1 N–H and O–H groups in total. The summed E-state index contributed by atoms with van der Waals surface area (Å²) in [6.07, 6.45) is 3.41. The predicted molar refractivity (Wildman–Crippen MR) is 87.6 cm³/mol. The summed E-state index contributed by atoms with van der Waals surface area (Å²) >= 11 is 1.19. The number of hydrogen-bond donors (Lipinski definition) is 1. The van der Waals surface area contributed by atoms with Gasteiger partial charge in [0.25, 0.3) is 5.91 Å². The Balaban J connectivity index is 1.78. The van der Waals surface area contributed by atoms with Gasteiger partial charge in [0, 0.05) is 12.5 Å². The fraction of sp³-hybridized carbons (Fsp3) is 0.353. The zero-order chi connectivity index (χ0) is 17.3. The van der Waals surface area contributed by atoms with Crippen molar-refractivity contribution in [2.75, 3.05) is 0 Å². The van der Waals surface area contributed by atoms with Gasteiger partial charge in [0.15, 0.2) is 0 Å². The number of rotatable bonds is 6. The van der Waals surface area contributed by atoms with Crippen LogP contribution < -0.4 is 0 Å². The monoisotopic (exact) mass is 348 g/mol. The fourth-order valence-electron chi connectivity index (χ4n) is 2.55. The van der Waals surface area contributed by atoms with Crippen LogP contribution in [0.3, 0.4) is 0 Å². The average molecular weight is 348 g/mol. The third-order valence-electron chi connectivity index (χ3n) is 4.01. The highest BCUT2D eigenvalue weighted by atomic mass is 32.1. The lowest BCUT2D eigenvalue weighted by molar-refractivity contribution is -0.141. The van der Waals surface area contributed by atoms with E-state index in [-0.39, 0.29) is 17.8 Å². The number of aliphatic carboxylic acids is 1. The van der Waals surface area contributed by atoms with E-state index in [4.69, 9.17) is 0 Å². The molecule has 3 rings (SSSR count). The van der Waals surface area contributed by atoms with E-state index in [0.717, 1.165) is 12.8 Å². The standard InChI is InChI=1S/C17H17FN2O3S/c1-10(17(22)23)20(12-6-7-12)16(21)14-9-19-15(24-14)8-11-4-2-3-5-13(11)18/h2-5,9-10,12H,6-8H2,1H3,(H,22,23). The summed E-state index contributed by atoms with van der Waals surface area (Å²) in [7, 11) is 0. The molecule has 1 aliphatic carbocycles. The van der Waals surface area contributed by atoms with Crippen molar-refractivity contribution < 1.29 is 19.1 Å². The van der Waals surface area contributed by atoms with E-state index in [0.29, 0.717) is 21.9 Å². The van der Waals surface area contributed by atoms with E-state index in [2.05, 4.69) is 4.98 Å². The maximum atomic E-state index is 13.7. The molecular weight excluding hydrogens is 331 g/mol. The number of carbonyl (C=O) groups is 2. The molecule has 126 valence electrons. The summed E-state index contributed by atoms with van der Waals surface area (Å²) < 4.78 is 13.7. The number of hydrogen-bond acceptors (Lipinski definition) is 4. The molecule has 0 aliphatic heterocycles. The van der Waals surface area contributed by atoms with Crippen LogP contribution in [-0.2, 0) is 11.2 Å². The lowest BCUT2D eigenvalue weighted by Gasteiger charge is -2.25. The fourth-order valence-corrected chi connectivity index (χ4v) is 3.44. The Morgan fingerprint density at radius 3 is 2.75 bits per heavy atom. The molecule has 1 heterocycles. The third-order valence-corrected chi connectivity index (χ3v) is 5.00. The normalized spacial score (nSPS) is 15.1. The molecule has 1 aliphatic rings. The van der Waals surface area contributed by atoms with Crippen LogP contribution in [0.25, 0.3) is 0 Å². The summed E-state index contributed by atoms with van der Waals surface area (Å²) in [5.74, 6) is -1.64. The van der Waals surface area contributed by atoms with Crippen LogP contribution in [0, 0.1) is 5.82 Å². The topological polar surface area (TPSA) is 70.5 Å². The SMILES string of the molecule is CC(C(=O)O)N(C(=O)c1cnc(Cc2ccccc2F)s1)C1CC1. The number of benzene rings is 1. The van der Waals surface area contributed by atoms with Crippen LogP contribution in [-0.4, -0.2) is 39.0 Å². The molecule has 7 heteroatoms. The molecule has 1 saturated carbocycles. The van der Waals surface area contributed by atoms with Crippen LogP contribution >= 0.6 is 11.3 Å². The van der Waals surface area contributed by atoms with E-state index in [1.807, 2.05) is 0 Å².